The summed E-state index contributed by atoms with van der Waals surface area (Å²) in [5, 5.41) is 5.96. The molecule has 5 aromatic rings. The average molecular weight is 487 g/mol. The zero-order chi connectivity index (χ0) is 25.1. The number of unbranched alkanes of at least 4 members (excludes halogenated alkanes) is 2. The second-order valence-corrected chi connectivity index (χ2v) is 11.4. The van der Waals surface area contributed by atoms with Crippen LogP contribution in [-0.4, -0.2) is 0 Å². The van der Waals surface area contributed by atoms with Gasteiger partial charge >= 0.3 is 0 Å². The summed E-state index contributed by atoms with van der Waals surface area (Å²) < 4.78 is 13.0. The molecule has 2 aromatic heterocycles. The van der Waals surface area contributed by atoms with Crippen LogP contribution in [0.3, 0.4) is 0 Å². The summed E-state index contributed by atoms with van der Waals surface area (Å²) in [6, 6.07) is 15.7. The molecule has 0 amide bonds. The van der Waals surface area contributed by atoms with Crippen LogP contribution in [0.5, 0.6) is 0 Å². The minimum atomic E-state index is -0.00316. The van der Waals surface area contributed by atoms with Crippen LogP contribution in [0.15, 0.2) is 80.7 Å². The highest BCUT2D eigenvalue weighted by Gasteiger charge is 2.35. The lowest BCUT2D eigenvalue weighted by Gasteiger charge is -2.33. The monoisotopic (exact) mass is 486 g/mol. The highest BCUT2D eigenvalue weighted by Crippen LogP contribution is 2.47. The molecule has 2 aliphatic carbocycles. The normalized spacial score (nSPS) is 19.0. The summed E-state index contributed by atoms with van der Waals surface area (Å²) in [7, 11) is 0. The fourth-order valence-corrected chi connectivity index (χ4v) is 6.25. The molecule has 2 nitrogen and oxygen atoms in total. The number of furan rings is 2. The second kappa shape index (κ2) is 8.52. The van der Waals surface area contributed by atoms with Gasteiger partial charge in [0.1, 0.15) is 22.5 Å². The van der Waals surface area contributed by atoms with E-state index < -0.39 is 0 Å². The first kappa shape index (κ1) is 22.7. The predicted molar refractivity (Wildman–Crippen MR) is 156 cm³/mol. The van der Waals surface area contributed by atoms with Gasteiger partial charge in [0.05, 0.1) is 0 Å². The summed E-state index contributed by atoms with van der Waals surface area (Å²) in [6.45, 7) is 6.84. The van der Waals surface area contributed by atoms with Crippen molar-refractivity contribution in [2.75, 3.05) is 0 Å². The first-order valence-electron chi connectivity index (χ1n) is 14.0. The van der Waals surface area contributed by atoms with E-state index in [0.29, 0.717) is 0 Å². The van der Waals surface area contributed by atoms with Gasteiger partial charge in [-0.05, 0) is 83.5 Å². The van der Waals surface area contributed by atoms with Gasteiger partial charge in [-0.25, -0.2) is 0 Å². The maximum atomic E-state index is 6.53. The Labute approximate surface area is 218 Å². The average Bonchev–Trinajstić information content (AvgIpc) is 3.42. The third kappa shape index (κ3) is 3.69. The van der Waals surface area contributed by atoms with Crippen molar-refractivity contribution in [3.8, 4) is 0 Å². The summed E-state index contributed by atoms with van der Waals surface area (Å²) >= 11 is 0. The largest absolute Gasteiger partial charge is 0.460 e. The van der Waals surface area contributed by atoms with E-state index in [1.54, 1.807) is 0 Å². The number of rotatable bonds is 6. The van der Waals surface area contributed by atoms with Gasteiger partial charge in [-0.15, -0.1) is 0 Å². The van der Waals surface area contributed by atoms with E-state index in [4.69, 9.17) is 8.83 Å². The van der Waals surface area contributed by atoms with Gasteiger partial charge in [0.25, 0.3) is 0 Å². The van der Waals surface area contributed by atoms with Gasteiger partial charge in [0.15, 0.2) is 0 Å². The van der Waals surface area contributed by atoms with Crippen LogP contribution in [0.2, 0.25) is 0 Å². The fraction of sp³-hybridized carbons (Fsp3) is 0.314. The van der Waals surface area contributed by atoms with E-state index in [1.807, 2.05) is 0 Å². The lowest BCUT2D eigenvalue weighted by atomic mass is 9.70. The molecule has 0 radical (unpaired) electrons. The van der Waals surface area contributed by atoms with E-state index >= 15 is 0 Å². The molecule has 0 spiro atoms. The van der Waals surface area contributed by atoms with Gasteiger partial charge in [-0.1, -0.05) is 70.0 Å². The zero-order valence-electron chi connectivity index (χ0n) is 22.1. The number of fused-ring (bicyclic) bond motifs is 8. The molecule has 0 aliphatic heterocycles. The molecule has 7 rings (SSSR count). The van der Waals surface area contributed by atoms with Crippen molar-refractivity contribution < 1.29 is 8.83 Å². The maximum Gasteiger partial charge on any atom is 0.136 e. The third-order valence-corrected chi connectivity index (χ3v) is 8.55. The molecule has 2 heterocycles. The SMILES string of the molecule is CCCCC1=CC2=Cc3c(oc4cc5c(cc34)oc3cc4ccc(CCCC)cc4cc35)CC2(C)C=C1. The fourth-order valence-electron chi connectivity index (χ4n) is 6.25. The molecular weight excluding hydrogens is 452 g/mol. The minimum Gasteiger partial charge on any atom is -0.460 e. The van der Waals surface area contributed by atoms with Crippen LogP contribution in [-0.2, 0) is 12.8 Å². The number of hydrogen-bond donors (Lipinski definition) is 0. The Morgan fingerprint density at radius 2 is 1.51 bits per heavy atom. The number of benzene rings is 3. The molecule has 2 aliphatic rings. The molecule has 1 atom stereocenters. The van der Waals surface area contributed by atoms with E-state index in [2.05, 4.69) is 87.5 Å². The van der Waals surface area contributed by atoms with E-state index in [0.717, 1.165) is 57.9 Å². The van der Waals surface area contributed by atoms with Crippen molar-refractivity contribution in [3.63, 3.8) is 0 Å². The molecule has 3 aromatic carbocycles. The predicted octanol–water partition coefficient (Wildman–Crippen LogP) is 10.5. The van der Waals surface area contributed by atoms with Crippen LogP contribution in [0.4, 0.5) is 0 Å². The first-order valence-corrected chi connectivity index (χ1v) is 14.0. The van der Waals surface area contributed by atoms with Crippen LogP contribution in [0, 0.1) is 5.41 Å². The Morgan fingerprint density at radius 1 is 0.757 bits per heavy atom. The Bertz CT molecular complexity index is 1780. The molecule has 37 heavy (non-hydrogen) atoms. The quantitative estimate of drug-likeness (QED) is 0.239. The molecule has 186 valence electrons. The van der Waals surface area contributed by atoms with Crippen molar-refractivity contribution in [2.45, 2.75) is 65.7 Å². The Hall–Kier alpha value is -3.52. The van der Waals surface area contributed by atoms with Crippen LogP contribution in [0.1, 0.15) is 69.8 Å². The van der Waals surface area contributed by atoms with E-state index in [-0.39, 0.29) is 5.41 Å². The number of allylic oxidation sites excluding steroid dienone is 5. The molecular formula is C35H34O2. The van der Waals surface area contributed by atoms with E-state index in [1.165, 1.54) is 58.7 Å². The van der Waals surface area contributed by atoms with Gasteiger partial charge in [-0.3, -0.25) is 0 Å². The van der Waals surface area contributed by atoms with Crippen molar-refractivity contribution in [2.24, 2.45) is 5.41 Å². The topological polar surface area (TPSA) is 26.3 Å². The lowest BCUT2D eigenvalue weighted by molar-refractivity contribution is 0.437. The van der Waals surface area contributed by atoms with Crippen molar-refractivity contribution in [1.82, 2.24) is 0 Å². The Kier molecular flexibility index (Phi) is 5.22. The van der Waals surface area contributed by atoms with Gasteiger partial charge in [0.2, 0.25) is 0 Å². The summed E-state index contributed by atoms with van der Waals surface area (Å²) in [5.41, 5.74) is 8.28. The third-order valence-electron chi connectivity index (χ3n) is 8.55. The van der Waals surface area contributed by atoms with Crippen molar-refractivity contribution in [1.29, 1.82) is 0 Å². The van der Waals surface area contributed by atoms with Crippen molar-refractivity contribution in [3.05, 3.63) is 88.7 Å². The van der Waals surface area contributed by atoms with Gasteiger partial charge in [0, 0.05) is 33.6 Å². The molecule has 1 unspecified atom stereocenters. The van der Waals surface area contributed by atoms with E-state index in [9.17, 15) is 0 Å². The summed E-state index contributed by atoms with van der Waals surface area (Å²) in [6.07, 6.45) is 17.6. The Morgan fingerprint density at radius 3 is 2.38 bits per heavy atom. The van der Waals surface area contributed by atoms with Crippen LogP contribution >= 0.6 is 0 Å². The minimum absolute atomic E-state index is 0.00316. The molecule has 2 heteroatoms. The summed E-state index contributed by atoms with van der Waals surface area (Å²) in [5.74, 6) is 1.08. The molecule has 0 saturated heterocycles. The molecule has 0 fully saturated rings. The first-order chi connectivity index (χ1) is 18.0. The van der Waals surface area contributed by atoms with Crippen LogP contribution < -0.4 is 0 Å². The summed E-state index contributed by atoms with van der Waals surface area (Å²) in [4.78, 5) is 0. The van der Waals surface area contributed by atoms with Crippen LogP contribution in [0.25, 0.3) is 49.8 Å². The lowest BCUT2D eigenvalue weighted by Crippen LogP contribution is -2.24. The Balaban J connectivity index is 1.35. The molecule has 0 bridgehead atoms. The van der Waals surface area contributed by atoms with Gasteiger partial charge in [-0.2, -0.15) is 0 Å². The standard InChI is InChI=1S/C35H34O2/c1-4-6-8-22-10-11-24-17-31-27(16-25(24)14-22)29-19-33-30(20-32(29)36-31)28-18-26-15-23(9-7-5-2)12-13-35(26,3)21-34(28)37-33/h10-20H,4-9,21H2,1-3H3. The molecule has 0 N–H and O–H groups in total. The number of hydrogen-bond acceptors (Lipinski definition) is 2. The van der Waals surface area contributed by atoms with Crippen molar-refractivity contribution >= 4 is 49.8 Å². The highest BCUT2D eigenvalue weighted by molar-refractivity contribution is 6.13. The second-order valence-electron chi connectivity index (χ2n) is 11.4. The van der Waals surface area contributed by atoms with Gasteiger partial charge < -0.3 is 8.83 Å². The maximum absolute atomic E-state index is 6.53. The highest BCUT2D eigenvalue weighted by atomic mass is 16.3. The molecule has 0 saturated carbocycles. The smallest absolute Gasteiger partial charge is 0.136 e. The number of aryl methyl sites for hydroxylation is 1. The zero-order valence-corrected chi connectivity index (χ0v) is 22.1.